The molecule has 0 fully saturated rings. The molecule has 2 heterocycles. The summed E-state index contributed by atoms with van der Waals surface area (Å²) in [4.78, 5) is 15.2. The number of esters is 1. The van der Waals surface area contributed by atoms with Crippen molar-refractivity contribution in [2.75, 3.05) is 7.11 Å². The highest BCUT2D eigenvalue weighted by atomic mass is 16.5. The van der Waals surface area contributed by atoms with Crippen LogP contribution in [0.15, 0.2) is 10.8 Å². The van der Waals surface area contributed by atoms with Crippen molar-refractivity contribution in [3.05, 3.63) is 17.8 Å². The molecule has 0 aliphatic rings. The van der Waals surface area contributed by atoms with Gasteiger partial charge in [0.25, 0.3) is 0 Å². The summed E-state index contributed by atoms with van der Waals surface area (Å²) < 4.78 is 9.65. The molecule has 1 N–H and O–H groups in total. The van der Waals surface area contributed by atoms with Crippen LogP contribution in [-0.4, -0.2) is 33.5 Å². The Morgan fingerprint density at radius 2 is 2.33 bits per heavy atom. The number of hydrogen-bond acceptors (Lipinski definition) is 6. The number of ether oxygens (including phenoxy) is 1. The van der Waals surface area contributed by atoms with E-state index in [0.717, 1.165) is 0 Å². The number of oxazole rings is 1. The van der Waals surface area contributed by atoms with Crippen LogP contribution in [0.25, 0.3) is 11.5 Å². The van der Waals surface area contributed by atoms with Gasteiger partial charge in [-0.3, -0.25) is 0 Å². The zero-order valence-corrected chi connectivity index (χ0v) is 8.14. The van der Waals surface area contributed by atoms with Gasteiger partial charge in [-0.1, -0.05) is 0 Å². The quantitative estimate of drug-likeness (QED) is 0.724. The minimum atomic E-state index is -0.574. The number of rotatable bonds is 2. The first-order valence-corrected chi connectivity index (χ1v) is 4.13. The number of methoxy groups -OCH3 is 1. The lowest BCUT2D eigenvalue weighted by Crippen LogP contribution is -2.03. The van der Waals surface area contributed by atoms with Crippen LogP contribution >= 0.6 is 0 Å². The molecule has 0 unspecified atom stereocenters. The fourth-order valence-corrected chi connectivity index (χ4v) is 1.16. The first-order valence-electron chi connectivity index (χ1n) is 4.13. The molecule has 15 heavy (non-hydrogen) atoms. The third-order valence-electron chi connectivity index (χ3n) is 1.89. The molecule has 2 aromatic rings. The zero-order chi connectivity index (χ0) is 10.8. The molecule has 7 nitrogen and oxygen atoms in total. The molecule has 0 amide bonds. The predicted octanol–water partition coefficient (Wildman–Crippen LogP) is 0.555. The molecule has 0 aromatic carbocycles. The van der Waals surface area contributed by atoms with E-state index < -0.39 is 5.97 Å². The number of carbonyl (C=O) groups excluding carboxylic acids is 1. The molecule has 0 saturated carbocycles. The molecule has 0 aliphatic carbocycles. The molecule has 0 spiro atoms. The molecule has 0 radical (unpaired) electrons. The summed E-state index contributed by atoms with van der Waals surface area (Å²) in [7, 11) is 1.27. The van der Waals surface area contributed by atoms with E-state index in [9.17, 15) is 4.79 Å². The van der Waals surface area contributed by atoms with E-state index in [0.29, 0.717) is 17.1 Å². The van der Waals surface area contributed by atoms with Gasteiger partial charge >= 0.3 is 5.97 Å². The molecule has 78 valence electrons. The van der Waals surface area contributed by atoms with Gasteiger partial charge < -0.3 is 9.15 Å². The Kier molecular flexibility index (Phi) is 2.20. The van der Waals surface area contributed by atoms with Crippen molar-refractivity contribution in [1.82, 2.24) is 20.4 Å². The van der Waals surface area contributed by atoms with Crippen LogP contribution in [0.2, 0.25) is 0 Å². The summed E-state index contributed by atoms with van der Waals surface area (Å²) >= 11 is 0. The molecule has 0 aliphatic heterocycles. The van der Waals surface area contributed by atoms with E-state index in [4.69, 9.17) is 4.42 Å². The SMILES string of the molecule is COC(=O)c1n[nH]nc1-c1ocnc1C. The summed E-state index contributed by atoms with van der Waals surface area (Å²) in [5, 5.41) is 9.84. The normalized spacial score (nSPS) is 10.3. The minimum Gasteiger partial charge on any atom is -0.464 e. The largest absolute Gasteiger partial charge is 0.464 e. The van der Waals surface area contributed by atoms with Gasteiger partial charge in [-0.15, -0.1) is 5.10 Å². The van der Waals surface area contributed by atoms with Crippen molar-refractivity contribution >= 4 is 5.97 Å². The van der Waals surface area contributed by atoms with Crippen LogP contribution in [-0.2, 0) is 4.74 Å². The van der Waals surface area contributed by atoms with Crippen LogP contribution in [0.1, 0.15) is 16.2 Å². The smallest absolute Gasteiger partial charge is 0.361 e. The standard InChI is InChI=1S/C8H8N4O3/c1-4-7(15-3-9-4)5-6(8(13)14-2)11-12-10-5/h3H,1-2H3,(H,10,11,12). The Balaban J connectivity index is 2.50. The second-order valence-electron chi connectivity index (χ2n) is 2.78. The number of aryl methyl sites for hydroxylation is 1. The van der Waals surface area contributed by atoms with Gasteiger partial charge in [0, 0.05) is 0 Å². The monoisotopic (exact) mass is 208 g/mol. The maximum Gasteiger partial charge on any atom is 0.361 e. The minimum absolute atomic E-state index is 0.0809. The van der Waals surface area contributed by atoms with Gasteiger partial charge in [-0.2, -0.15) is 10.3 Å². The van der Waals surface area contributed by atoms with Crippen molar-refractivity contribution in [2.24, 2.45) is 0 Å². The zero-order valence-electron chi connectivity index (χ0n) is 8.14. The van der Waals surface area contributed by atoms with Crippen LogP contribution in [0.3, 0.4) is 0 Å². The van der Waals surface area contributed by atoms with E-state index in [1.807, 2.05) is 0 Å². The number of carbonyl (C=O) groups is 1. The third kappa shape index (κ3) is 1.47. The molecular formula is C8H8N4O3. The summed E-state index contributed by atoms with van der Waals surface area (Å²) in [5.74, 6) is -0.168. The van der Waals surface area contributed by atoms with Crippen LogP contribution < -0.4 is 0 Å². The summed E-state index contributed by atoms with van der Waals surface area (Å²) in [6.45, 7) is 1.74. The van der Waals surface area contributed by atoms with E-state index in [2.05, 4.69) is 25.1 Å². The first kappa shape index (κ1) is 9.38. The lowest BCUT2D eigenvalue weighted by Gasteiger charge is -1.95. The fourth-order valence-electron chi connectivity index (χ4n) is 1.16. The maximum atomic E-state index is 11.3. The Labute approximate surface area is 84.5 Å². The Morgan fingerprint density at radius 1 is 1.53 bits per heavy atom. The van der Waals surface area contributed by atoms with Crippen LogP contribution in [0, 0.1) is 6.92 Å². The van der Waals surface area contributed by atoms with Gasteiger partial charge in [0.2, 0.25) is 5.69 Å². The average molecular weight is 208 g/mol. The number of nitrogens with zero attached hydrogens (tertiary/aromatic N) is 3. The van der Waals surface area contributed by atoms with E-state index >= 15 is 0 Å². The van der Waals surface area contributed by atoms with Crippen LogP contribution in [0.5, 0.6) is 0 Å². The molecule has 2 rings (SSSR count). The van der Waals surface area contributed by atoms with Gasteiger partial charge in [0.05, 0.1) is 12.8 Å². The topological polar surface area (TPSA) is 93.9 Å². The van der Waals surface area contributed by atoms with E-state index in [1.165, 1.54) is 13.5 Å². The highest BCUT2D eigenvalue weighted by Gasteiger charge is 2.22. The molecule has 0 bridgehead atoms. The summed E-state index contributed by atoms with van der Waals surface area (Å²) in [5.41, 5.74) is 1.02. The molecule has 7 heteroatoms. The highest BCUT2D eigenvalue weighted by molar-refractivity contribution is 5.93. The number of nitrogens with one attached hydrogen (secondary N) is 1. The lowest BCUT2D eigenvalue weighted by molar-refractivity contribution is 0.0594. The Hall–Kier alpha value is -2.18. The third-order valence-corrected chi connectivity index (χ3v) is 1.89. The Bertz CT molecular complexity index is 488. The Morgan fingerprint density at radius 3 is 2.93 bits per heavy atom. The van der Waals surface area contributed by atoms with Gasteiger partial charge in [-0.25, -0.2) is 9.78 Å². The van der Waals surface area contributed by atoms with Crippen molar-refractivity contribution in [2.45, 2.75) is 6.92 Å². The van der Waals surface area contributed by atoms with Crippen molar-refractivity contribution in [3.8, 4) is 11.5 Å². The van der Waals surface area contributed by atoms with Crippen molar-refractivity contribution in [3.63, 3.8) is 0 Å². The summed E-state index contributed by atoms with van der Waals surface area (Å²) in [6, 6.07) is 0. The van der Waals surface area contributed by atoms with Crippen molar-refractivity contribution in [1.29, 1.82) is 0 Å². The van der Waals surface area contributed by atoms with Crippen LogP contribution in [0.4, 0.5) is 0 Å². The second-order valence-corrected chi connectivity index (χ2v) is 2.78. The second kappa shape index (κ2) is 3.52. The van der Waals surface area contributed by atoms with E-state index in [-0.39, 0.29) is 5.69 Å². The van der Waals surface area contributed by atoms with Gasteiger partial charge in [0.15, 0.2) is 17.8 Å². The number of H-pyrrole nitrogens is 1. The molecule has 0 saturated heterocycles. The highest BCUT2D eigenvalue weighted by Crippen LogP contribution is 2.22. The first-order chi connectivity index (χ1) is 7.24. The maximum absolute atomic E-state index is 11.3. The van der Waals surface area contributed by atoms with Gasteiger partial charge in [-0.05, 0) is 6.92 Å². The van der Waals surface area contributed by atoms with Crippen molar-refractivity contribution < 1.29 is 13.9 Å². The fraction of sp³-hybridized carbons (Fsp3) is 0.250. The number of aromatic nitrogens is 4. The van der Waals surface area contributed by atoms with Gasteiger partial charge in [0.1, 0.15) is 0 Å². The van der Waals surface area contributed by atoms with E-state index in [1.54, 1.807) is 6.92 Å². The number of aromatic amines is 1. The molecule has 0 atom stereocenters. The molecule has 2 aromatic heterocycles. The average Bonchev–Trinajstić information content (AvgIpc) is 2.84. The number of hydrogen-bond donors (Lipinski definition) is 1. The molecular weight excluding hydrogens is 200 g/mol. The lowest BCUT2D eigenvalue weighted by atomic mass is 10.2. The predicted molar refractivity (Wildman–Crippen MR) is 48.0 cm³/mol. The summed E-state index contributed by atoms with van der Waals surface area (Å²) in [6.07, 6.45) is 1.28.